The van der Waals surface area contributed by atoms with E-state index in [4.69, 9.17) is 5.11 Å². The van der Waals surface area contributed by atoms with Crippen LogP contribution in [-0.2, 0) is 0 Å². The fourth-order valence-corrected chi connectivity index (χ4v) is 1.84. The molecule has 0 aromatic heterocycles. The highest BCUT2D eigenvalue weighted by Crippen LogP contribution is 2.21. The van der Waals surface area contributed by atoms with E-state index in [9.17, 15) is 5.11 Å². The van der Waals surface area contributed by atoms with Crippen molar-refractivity contribution in [2.24, 2.45) is 0 Å². The minimum Gasteiger partial charge on any atom is -0.396 e. The maximum Gasteiger partial charge on any atom is 0.0787 e. The van der Waals surface area contributed by atoms with Gasteiger partial charge in [0.2, 0.25) is 0 Å². The van der Waals surface area contributed by atoms with Gasteiger partial charge in [-0.3, -0.25) is 0 Å². The molecule has 0 aliphatic rings. The largest absolute Gasteiger partial charge is 0.396 e. The molecular formula is C11H16O2S. The SMILES string of the molecule is CCC(O)c1ccc(SCCO)cc1. The molecule has 14 heavy (non-hydrogen) atoms. The van der Waals surface area contributed by atoms with Gasteiger partial charge in [-0.2, -0.15) is 0 Å². The zero-order chi connectivity index (χ0) is 10.4. The molecule has 0 aliphatic heterocycles. The Morgan fingerprint density at radius 3 is 2.43 bits per heavy atom. The Morgan fingerprint density at radius 2 is 1.93 bits per heavy atom. The Labute approximate surface area is 89.0 Å². The third-order valence-corrected chi connectivity index (χ3v) is 3.00. The summed E-state index contributed by atoms with van der Waals surface area (Å²) >= 11 is 1.62. The molecule has 1 unspecified atom stereocenters. The third kappa shape index (κ3) is 3.33. The maximum atomic E-state index is 9.55. The van der Waals surface area contributed by atoms with E-state index in [-0.39, 0.29) is 12.7 Å². The third-order valence-electron chi connectivity index (χ3n) is 2.01. The molecule has 78 valence electrons. The highest BCUT2D eigenvalue weighted by molar-refractivity contribution is 7.99. The van der Waals surface area contributed by atoms with Crippen LogP contribution >= 0.6 is 11.8 Å². The molecule has 2 N–H and O–H groups in total. The van der Waals surface area contributed by atoms with Gasteiger partial charge >= 0.3 is 0 Å². The van der Waals surface area contributed by atoms with Crippen molar-refractivity contribution in [3.63, 3.8) is 0 Å². The first-order valence-corrected chi connectivity index (χ1v) is 5.78. The molecule has 1 rings (SSSR count). The number of aliphatic hydroxyl groups is 2. The number of aliphatic hydroxyl groups excluding tert-OH is 2. The topological polar surface area (TPSA) is 40.5 Å². The molecule has 0 spiro atoms. The van der Waals surface area contributed by atoms with Crippen molar-refractivity contribution in [2.45, 2.75) is 24.3 Å². The van der Waals surface area contributed by atoms with Crippen LogP contribution in [0.3, 0.4) is 0 Å². The Balaban J connectivity index is 2.59. The van der Waals surface area contributed by atoms with Crippen LogP contribution < -0.4 is 0 Å². The minimum atomic E-state index is -0.355. The molecule has 1 aromatic carbocycles. The number of benzene rings is 1. The average Bonchev–Trinajstić information content (AvgIpc) is 2.26. The van der Waals surface area contributed by atoms with Crippen molar-refractivity contribution in [3.8, 4) is 0 Å². The van der Waals surface area contributed by atoms with Gasteiger partial charge in [0.15, 0.2) is 0 Å². The Morgan fingerprint density at radius 1 is 1.29 bits per heavy atom. The molecular weight excluding hydrogens is 196 g/mol. The molecule has 0 heterocycles. The second kappa shape index (κ2) is 6.06. The predicted molar refractivity (Wildman–Crippen MR) is 59.5 cm³/mol. The first kappa shape index (κ1) is 11.6. The Kier molecular flexibility index (Phi) is 5.01. The average molecular weight is 212 g/mol. The molecule has 1 aromatic rings. The summed E-state index contributed by atoms with van der Waals surface area (Å²) in [5, 5.41) is 18.2. The van der Waals surface area contributed by atoms with Gasteiger partial charge in [0.25, 0.3) is 0 Å². The molecule has 1 atom stereocenters. The van der Waals surface area contributed by atoms with Gasteiger partial charge in [-0.25, -0.2) is 0 Å². The highest BCUT2D eigenvalue weighted by atomic mass is 32.2. The molecule has 0 bridgehead atoms. The smallest absolute Gasteiger partial charge is 0.0787 e. The van der Waals surface area contributed by atoms with Crippen LogP contribution in [0.4, 0.5) is 0 Å². The lowest BCUT2D eigenvalue weighted by Gasteiger charge is -2.08. The fourth-order valence-electron chi connectivity index (χ4n) is 1.19. The first-order chi connectivity index (χ1) is 6.77. The molecule has 3 heteroatoms. The van der Waals surface area contributed by atoms with Crippen molar-refractivity contribution in [1.82, 2.24) is 0 Å². The monoisotopic (exact) mass is 212 g/mol. The van der Waals surface area contributed by atoms with E-state index in [1.54, 1.807) is 11.8 Å². The van der Waals surface area contributed by atoms with Gasteiger partial charge < -0.3 is 10.2 Å². The van der Waals surface area contributed by atoms with E-state index in [1.807, 2.05) is 31.2 Å². The minimum absolute atomic E-state index is 0.198. The summed E-state index contributed by atoms with van der Waals surface area (Å²) in [6.45, 7) is 2.16. The van der Waals surface area contributed by atoms with Gasteiger partial charge in [0, 0.05) is 10.6 Å². The van der Waals surface area contributed by atoms with Gasteiger partial charge in [0.05, 0.1) is 12.7 Å². The molecule has 0 saturated heterocycles. The normalized spacial score (nSPS) is 12.8. The molecule has 0 amide bonds. The van der Waals surface area contributed by atoms with Crippen LogP contribution in [0.5, 0.6) is 0 Å². The summed E-state index contributed by atoms with van der Waals surface area (Å²) in [7, 11) is 0. The second-order valence-corrected chi connectivity index (χ2v) is 4.23. The van der Waals surface area contributed by atoms with Crippen molar-refractivity contribution in [2.75, 3.05) is 12.4 Å². The zero-order valence-corrected chi connectivity index (χ0v) is 9.13. The van der Waals surface area contributed by atoms with Crippen LogP contribution in [0, 0.1) is 0 Å². The maximum absolute atomic E-state index is 9.55. The van der Waals surface area contributed by atoms with Gasteiger partial charge in [-0.1, -0.05) is 19.1 Å². The van der Waals surface area contributed by atoms with Crippen molar-refractivity contribution < 1.29 is 10.2 Å². The quantitative estimate of drug-likeness (QED) is 0.735. The first-order valence-electron chi connectivity index (χ1n) is 4.79. The number of rotatable bonds is 5. The lowest BCUT2D eigenvalue weighted by Crippen LogP contribution is -1.94. The van der Waals surface area contributed by atoms with E-state index in [2.05, 4.69) is 0 Å². The molecule has 0 aliphatic carbocycles. The van der Waals surface area contributed by atoms with E-state index in [0.29, 0.717) is 0 Å². The lowest BCUT2D eigenvalue weighted by molar-refractivity contribution is 0.173. The van der Waals surface area contributed by atoms with Crippen LogP contribution in [0.15, 0.2) is 29.2 Å². The van der Waals surface area contributed by atoms with E-state index >= 15 is 0 Å². The zero-order valence-electron chi connectivity index (χ0n) is 8.31. The highest BCUT2D eigenvalue weighted by Gasteiger charge is 2.03. The summed E-state index contributed by atoms with van der Waals surface area (Å²) in [6.07, 6.45) is 0.384. The summed E-state index contributed by atoms with van der Waals surface area (Å²) in [5.74, 6) is 0.718. The van der Waals surface area contributed by atoms with Crippen molar-refractivity contribution >= 4 is 11.8 Å². The van der Waals surface area contributed by atoms with Gasteiger partial charge in [-0.05, 0) is 24.1 Å². The standard InChI is InChI=1S/C11H16O2S/c1-2-11(13)9-3-5-10(6-4-9)14-8-7-12/h3-6,11-13H,2,7-8H2,1H3. The fraction of sp³-hybridized carbons (Fsp3) is 0.455. The van der Waals surface area contributed by atoms with Crippen molar-refractivity contribution in [1.29, 1.82) is 0 Å². The second-order valence-electron chi connectivity index (χ2n) is 3.07. The summed E-state index contributed by atoms with van der Waals surface area (Å²) < 4.78 is 0. The number of hydrogen-bond donors (Lipinski definition) is 2. The molecule has 0 saturated carbocycles. The Bertz CT molecular complexity index is 258. The predicted octanol–water partition coefficient (Wildman–Crippen LogP) is 2.21. The number of hydrogen-bond acceptors (Lipinski definition) is 3. The van der Waals surface area contributed by atoms with Crippen LogP contribution in [0.25, 0.3) is 0 Å². The summed E-state index contributed by atoms with van der Waals surface area (Å²) in [5.41, 5.74) is 0.959. The molecule has 0 radical (unpaired) electrons. The van der Waals surface area contributed by atoms with Crippen LogP contribution in [-0.4, -0.2) is 22.6 Å². The van der Waals surface area contributed by atoms with E-state index in [0.717, 1.165) is 22.6 Å². The molecule has 0 fully saturated rings. The van der Waals surface area contributed by atoms with Crippen molar-refractivity contribution in [3.05, 3.63) is 29.8 Å². The van der Waals surface area contributed by atoms with Gasteiger partial charge in [0.1, 0.15) is 0 Å². The number of thioether (sulfide) groups is 1. The lowest BCUT2D eigenvalue weighted by atomic mass is 10.1. The Hall–Kier alpha value is -0.510. The van der Waals surface area contributed by atoms with E-state index < -0.39 is 0 Å². The summed E-state index contributed by atoms with van der Waals surface area (Å²) in [6, 6.07) is 7.84. The van der Waals surface area contributed by atoms with Crippen LogP contribution in [0.2, 0.25) is 0 Å². The van der Waals surface area contributed by atoms with E-state index in [1.165, 1.54) is 0 Å². The summed E-state index contributed by atoms with van der Waals surface area (Å²) in [4.78, 5) is 1.13. The van der Waals surface area contributed by atoms with Crippen LogP contribution in [0.1, 0.15) is 25.0 Å². The molecule has 2 nitrogen and oxygen atoms in total. The van der Waals surface area contributed by atoms with Gasteiger partial charge in [-0.15, -0.1) is 11.8 Å².